The molecule has 4 aromatic rings. The zero-order valence-electron chi connectivity index (χ0n) is 54.5. The Hall–Kier alpha value is -7.01. The number of allylic oxidation sites excluding steroid dienone is 7. The first kappa shape index (κ1) is 74.8. The number of Topliss-reactive ketones (excluding diaryl/α,β-unsaturated/α-hetero) is 1. The van der Waals surface area contributed by atoms with Gasteiger partial charge in [-0.25, -0.2) is 39.9 Å². The fraction of sp³-hybridized carbons (Fsp3) is 0.478. The number of carboxylic acids is 1. The van der Waals surface area contributed by atoms with E-state index in [1.54, 1.807) is 24.3 Å². The van der Waals surface area contributed by atoms with Gasteiger partial charge in [0, 0.05) is 79.2 Å². The molecule has 1 fully saturated rings. The molecular formula is C69H87F3N5O15S4+. The first-order valence-corrected chi connectivity index (χ1v) is 39.0. The van der Waals surface area contributed by atoms with Crippen molar-refractivity contribution in [2.75, 3.05) is 40.6 Å². The first-order chi connectivity index (χ1) is 45.2. The third kappa shape index (κ3) is 19.0. The van der Waals surface area contributed by atoms with Crippen LogP contribution >= 0.6 is 0 Å². The molecule has 1 amide bonds. The van der Waals surface area contributed by atoms with Crippen LogP contribution in [0.3, 0.4) is 0 Å². The molecular weight excluding hydrogens is 1320 g/mol. The molecule has 0 aromatic heterocycles. The molecule has 8 rings (SSSR count). The number of carbonyl (C=O) groups is 3. The number of rotatable bonds is 31. The van der Waals surface area contributed by atoms with Crippen molar-refractivity contribution < 1.29 is 84.8 Å². The van der Waals surface area contributed by atoms with Gasteiger partial charge in [0.05, 0.1) is 28.4 Å². The van der Waals surface area contributed by atoms with Crippen molar-refractivity contribution >= 4 is 80.5 Å². The summed E-state index contributed by atoms with van der Waals surface area (Å²) in [6.07, 6.45) is 15.3. The Morgan fingerprint density at radius 1 is 0.688 bits per heavy atom. The number of nitrogens with two attached hydrogens (primary N) is 1. The van der Waals surface area contributed by atoms with E-state index in [9.17, 15) is 62.3 Å². The average Bonchev–Trinajstić information content (AvgIpc) is 1.19. The van der Waals surface area contributed by atoms with E-state index in [0.29, 0.717) is 81.5 Å². The Labute approximate surface area is 561 Å². The number of anilines is 2. The molecule has 0 unspecified atom stereocenters. The number of primary sulfonamides is 1. The van der Waals surface area contributed by atoms with Crippen LogP contribution in [0.5, 0.6) is 5.75 Å². The zero-order chi connectivity index (χ0) is 70.0. The topological polar surface area (TPSA) is 314 Å². The van der Waals surface area contributed by atoms with Gasteiger partial charge in [-0.2, -0.15) is 21.4 Å². The van der Waals surface area contributed by atoms with Gasteiger partial charge in [0.25, 0.3) is 20.2 Å². The van der Waals surface area contributed by atoms with Crippen molar-refractivity contribution in [3.63, 3.8) is 0 Å². The van der Waals surface area contributed by atoms with Gasteiger partial charge in [-0.05, 0) is 131 Å². The maximum absolute atomic E-state index is 15.9. The Balaban J connectivity index is 0.970. The number of carbonyl (C=O) groups excluding carboxylic acids is 2. The molecule has 2 heterocycles. The Morgan fingerprint density at radius 3 is 1.96 bits per heavy atom. The van der Waals surface area contributed by atoms with E-state index in [2.05, 4.69) is 84.2 Å². The van der Waals surface area contributed by atoms with Gasteiger partial charge in [0.2, 0.25) is 21.6 Å². The lowest BCUT2D eigenvalue weighted by molar-refractivity contribution is -0.438. The number of ether oxygens (including phenoxy) is 1. The van der Waals surface area contributed by atoms with Crippen molar-refractivity contribution in [3.05, 3.63) is 154 Å². The van der Waals surface area contributed by atoms with Crippen LogP contribution < -0.4 is 25.4 Å². The second-order valence-corrected chi connectivity index (χ2v) is 32.9. The molecule has 0 saturated heterocycles. The molecule has 20 nitrogen and oxygen atoms in total. The number of fused-ring (bicyclic) bond motifs is 2. The van der Waals surface area contributed by atoms with Crippen LogP contribution in [0.2, 0.25) is 0 Å². The quantitative estimate of drug-likeness (QED) is 0.0118. The van der Waals surface area contributed by atoms with Crippen LogP contribution in [0.1, 0.15) is 166 Å². The highest BCUT2D eigenvalue weighted by Gasteiger charge is 2.45. The first-order valence-electron chi connectivity index (χ1n) is 32.6. The van der Waals surface area contributed by atoms with Gasteiger partial charge >= 0.3 is 5.97 Å². The highest BCUT2D eigenvalue weighted by Crippen LogP contribution is 2.48. The largest absolute Gasteiger partial charge is 0.480 e. The third-order valence-electron chi connectivity index (χ3n) is 18.3. The molecule has 4 aromatic carbocycles. The second kappa shape index (κ2) is 31.7. The average molecular weight is 1410 g/mol. The molecule has 0 spiro atoms. The number of aliphatic carboxylic acids is 1. The Morgan fingerprint density at radius 2 is 1.30 bits per heavy atom. The van der Waals surface area contributed by atoms with E-state index in [4.69, 9.17) is 9.88 Å². The van der Waals surface area contributed by atoms with Gasteiger partial charge in [-0.3, -0.25) is 18.7 Å². The van der Waals surface area contributed by atoms with Crippen LogP contribution in [-0.2, 0) is 71.7 Å². The monoisotopic (exact) mass is 1410 g/mol. The molecule has 0 bridgehead atoms. The predicted molar refractivity (Wildman–Crippen MR) is 361 cm³/mol. The number of sulfonamides is 1. The lowest BCUT2D eigenvalue weighted by Crippen LogP contribution is -2.42. The highest BCUT2D eigenvalue weighted by molar-refractivity contribution is 7.91. The van der Waals surface area contributed by atoms with E-state index in [1.165, 1.54) is 0 Å². The Kier molecular flexibility index (Phi) is 24.7. The van der Waals surface area contributed by atoms with Crippen LogP contribution in [0, 0.1) is 17.5 Å². The number of hydrogen-bond donors (Lipinski definition) is 6. The number of sulfone groups is 1. The lowest BCUT2D eigenvalue weighted by atomic mass is 9.81. The maximum Gasteiger partial charge on any atom is 0.326 e. The van der Waals surface area contributed by atoms with Crippen LogP contribution in [0.4, 0.5) is 30.2 Å². The highest BCUT2D eigenvalue weighted by atomic mass is 32.2. The molecule has 7 N–H and O–H groups in total. The number of halogens is 3. The number of amides is 1. The summed E-state index contributed by atoms with van der Waals surface area (Å²) in [6.45, 7) is 9.48. The molecule has 0 radical (unpaired) electrons. The number of nitrogens with zero attached hydrogens (tertiary/aromatic N) is 2. The van der Waals surface area contributed by atoms with E-state index >= 15 is 13.2 Å². The number of hydrogen-bond acceptors (Lipinski definition) is 14. The summed E-state index contributed by atoms with van der Waals surface area (Å²) in [6, 6.07) is 20.9. The Bertz CT molecular complexity index is 4220. The normalized spacial score (nSPS) is 18.2. The molecule has 4 aliphatic rings. The summed E-state index contributed by atoms with van der Waals surface area (Å²) in [5, 5.41) is 20.5. The number of unbranched alkanes of at least 4 members (excludes halogenated alkanes) is 3. The third-order valence-corrected chi connectivity index (χ3v) is 22.6. The lowest BCUT2D eigenvalue weighted by Gasteiger charge is -2.27. The van der Waals surface area contributed by atoms with E-state index in [0.717, 1.165) is 70.7 Å². The molecule has 522 valence electrons. The zero-order valence-corrected chi connectivity index (χ0v) is 57.8. The van der Waals surface area contributed by atoms with Crippen molar-refractivity contribution in [3.8, 4) is 5.75 Å². The number of carboxylic acid groups (broad SMARTS) is 1. The molecule has 1 atom stereocenters. The maximum atomic E-state index is 15.9. The van der Waals surface area contributed by atoms with Gasteiger partial charge in [0.15, 0.2) is 37.9 Å². The summed E-state index contributed by atoms with van der Waals surface area (Å²) in [7, 11) is -18.5. The fourth-order valence-electron chi connectivity index (χ4n) is 13.3. The summed E-state index contributed by atoms with van der Waals surface area (Å²) >= 11 is 0. The second-order valence-electron chi connectivity index (χ2n) is 26.2. The SMILES string of the molecule is CC1(C)C(=CC=C2CCCC(C=CC3=[N+](CCCCS(=O)(=O)O)c4ccccc4C3(C)C)=C2Oc2ccc(C[C@H](NC(=O)CCCCC(=O)CCS(=O)(=O)c3c(F)c(F)c(S(N)(=O)=O)c(F)c3NC3CCCCCCC3)C(=O)O)cc2)N(CCCCS(=O)(=O)O)c2ccccc21. The van der Waals surface area contributed by atoms with Crippen molar-refractivity contribution in [1.82, 2.24) is 5.32 Å². The summed E-state index contributed by atoms with van der Waals surface area (Å²) < 4.78 is 173. The standard InChI is InChI=1S/C69H86F3N5O15S4/c1-68(2)52-26-11-13-28-55(52)76(40-16-18-42-94(84,85)86)57(68)37-33-47-21-20-22-48(34-38-58-69(3,4)53-27-12-14-29-56(53)77(58)41-17-19-43-95(87,88)89)64(47)92-51-35-31-46(32-36-51)45-54(67(80)81)75-59(79)30-15-10-25-50(78)39-44-93(82,83)66-61(71)60(70)65(96(73,90)91)62(72)63(66)74-49-23-8-6-5-7-9-24-49/h11-14,26-29,31-38,49,54,74H,5-10,15-25,30,39-45H2,1-4H3,(H5-,73,75,79,80,81,84,85,86,87,88,89,90,91)/p+1/t54-/m0/s1. The van der Waals surface area contributed by atoms with Crippen molar-refractivity contribution in [2.45, 2.75) is 189 Å². The van der Waals surface area contributed by atoms with Crippen molar-refractivity contribution in [1.29, 1.82) is 0 Å². The van der Waals surface area contributed by atoms with Gasteiger partial charge in [-0.1, -0.05) is 101 Å². The molecule has 27 heteroatoms. The predicted octanol–water partition coefficient (Wildman–Crippen LogP) is 11.8. The van der Waals surface area contributed by atoms with Gasteiger partial charge < -0.3 is 25.4 Å². The minimum absolute atomic E-state index is 0.0573. The van der Waals surface area contributed by atoms with Gasteiger partial charge in [-0.15, -0.1) is 0 Å². The fourth-order valence-corrected chi connectivity index (χ4v) is 16.6. The molecule has 1 saturated carbocycles. The smallest absolute Gasteiger partial charge is 0.326 e. The van der Waals surface area contributed by atoms with Crippen LogP contribution in [0.15, 0.2) is 129 Å². The summed E-state index contributed by atoms with van der Waals surface area (Å²) in [5.74, 6) is -9.75. The number of para-hydroxylation sites is 2. The van der Waals surface area contributed by atoms with E-state index < -0.39 is 126 Å². The van der Waals surface area contributed by atoms with E-state index in [1.807, 2.05) is 36.4 Å². The number of ketones is 1. The number of benzene rings is 4. The minimum atomic E-state index is -5.21. The van der Waals surface area contributed by atoms with E-state index in [-0.39, 0.29) is 56.5 Å². The van der Waals surface area contributed by atoms with Crippen molar-refractivity contribution in [2.24, 2.45) is 5.14 Å². The molecule has 2 aliphatic carbocycles. The minimum Gasteiger partial charge on any atom is -0.480 e. The summed E-state index contributed by atoms with van der Waals surface area (Å²) in [4.78, 5) is 37.8. The number of nitrogens with one attached hydrogen (secondary N) is 2. The molecule has 96 heavy (non-hydrogen) atoms. The van der Waals surface area contributed by atoms with Crippen LogP contribution in [0.25, 0.3) is 0 Å². The summed E-state index contributed by atoms with van der Waals surface area (Å²) in [5.41, 5.74) is 6.37. The van der Waals surface area contributed by atoms with Gasteiger partial charge in [0.1, 0.15) is 34.8 Å². The van der Waals surface area contributed by atoms with Crippen LogP contribution in [-0.4, -0.2) is 118 Å². The molecule has 2 aliphatic heterocycles.